The van der Waals surface area contributed by atoms with Crippen LogP contribution < -0.4 is 0 Å². The molecule has 2 rings (SSSR count). The third-order valence-electron chi connectivity index (χ3n) is 2.10. The Hall–Kier alpha value is -0.860. The largest absolute Gasteiger partial charge is 0.785 e. The van der Waals surface area contributed by atoms with E-state index in [1.807, 2.05) is 18.2 Å². The standard InChI is InChI=1S/C9H10NO/c11-10-6-5-8-3-1-2-4-9(8)7-10/h1-4H,5-7H2/q-1. The predicted octanol–water partition coefficient (Wildman–Crippen LogP) is 1.54. The van der Waals surface area contributed by atoms with E-state index in [4.69, 9.17) is 0 Å². The van der Waals surface area contributed by atoms with E-state index >= 15 is 0 Å². The lowest BCUT2D eigenvalue weighted by molar-refractivity contribution is 0.354. The molecule has 0 radical (unpaired) electrons. The van der Waals surface area contributed by atoms with Gasteiger partial charge in [0.25, 0.3) is 0 Å². The normalized spacial score (nSPS) is 17.9. The monoisotopic (exact) mass is 148 g/mol. The lowest BCUT2D eigenvalue weighted by Gasteiger charge is -2.33. The molecule has 0 bridgehead atoms. The van der Waals surface area contributed by atoms with Gasteiger partial charge in [-0.25, -0.2) is 0 Å². The van der Waals surface area contributed by atoms with E-state index in [1.54, 1.807) is 0 Å². The molecule has 0 aromatic heterocycles. The molecular weight excluding hydrogens is 138 g/mol. The lowest BCUT2D eigenvalue weighted by Crippen LogP contribution is -2.24. The number of hydrogen-bond acceptors (Lipinski definition) is 2. The highest BCUT2D eigenvalue weighted by Crippen LogP contribution is 2.16. The zero-order valence-electron chi connectivity index (χ0n) is 6.29. The Morgan fingerprint density at radius 1 is 1.18 bits per heavy atom. The van der Waals surface area contributed by atoms with Gasteiger partial charge in [0, 0.05) is 6.54 Å². The molecule has 0 spiro atoms. The summed E-state index contributed by atoms with van der Waals surface area (Å²) in [5.41, 5.74) is 2.52. The van der Waals surface area contributed by atoms with Crippen molar-refractivity contribution in [2.75, 3.05) is 6.54 Å². The van der Waals surface area contributed by atoms with Gasteiger partial charge in [-0.05, 0) is 24.1 Å². The van der Waals surface area contributed by atoms with Gasteiger partial charge in [0.15, 0.2) is 0 Å². The number of benzene rings is 1. The van der Waals surface area contributed by atoms with Crippen molar-refractivity contribution >= 4 is 0 Å². The van der Waals surface area contributed by atoms with E-state index in [9.17, 15) is 5.21 Å². The molecule has 0 N–H and O–H groups in total. The number of nitrogens with zero attached hydrogens (tertiary/aromatic N) is 1. The predicted molar refractivity (Wildman–Crippen MR) is 43.9 cm³/mol. The summed E-state index contributed by atoms with van der Waals surface area (Å²) in [5.74, 6) is 0. The molecule has 1 aromatic rings. The molecule has 0 saturated carbocycles. The van der Waals surface area contributed by atoms with Crippen LogP contribution in [0.25, 0.3) is 0 Å². The summed E-state index contributed by atoms with van der Waals surface area (Å²) in [5, 5.41) is 12.1. The van der Waals surface area contributed by atoms with Crippen molar-refractivity contribution in [3.05, 3.63) is 40.6 Å². The van der Waals surface area contributed by atoms with Crippen LogP contribution in [-0.4, -0.2) is 11.6 Å². The summed E-state index contributed by atoms with van der Waals surface area (Å²) in [6.07, 6.45) is 0.902. The summed E-state index contributed by atoms with van der Waals surface area (Å²) in [4.78, 5) is 0. The maximum Gasteiger partial charge on any atom is 0.0117 e. The Morgan fingerprint density at radius 3 is 2.73 bits per heavy atom. The number of hydroxylamine groups is 2. The Morgan fingerprint density at radius 2 is 1.91 bits per heavy atom. The second-order valence-corrected chi connectivity index (χ2v) is 2.88. The fraction of sp³-hybridized carbons (Fsp3) is 0.333. The molecule has 58 valence electrons. The van der Waals surface area contributed by atoms with Gasteiger partial charge in [0.1, 0.15) is 0 Å². The first kappa shape index (κ1) is 6.83. The molecule has 0 saturated heterocycles. The smallest absolute Gasteiger partial charge is 0.0117 e. The minimum absolute atomic E-state index is 0.566. The topological polar surface area (TPSA) is 26.3 Å². The highest BCUT2D eigenvalue weighted by Gasteiger charge is 2.07. The van der Waals surface area contributed by atoms with Gasteiger partial charge in [-0.3, -0.25) is 0 Å². The summed E-state index contributed by atoms with van der Waals surface area (Å²) in [7, 11) is 0. The third-order valence-corrected chi connectivity index (χ3v) is 2.10. The van der Waals surface area contributed by atoms with Gasteiger partial charge in [-0.2, -0.15) is 0 Å². The van der Waals surface area contributed by atoms with Gasteiger partial charge in [-0.15, -0.1) is 0 Å². The molecule has 0 unspecified atom stereocenters. The molecule has 1 aliphatic rings. The summed E-state index contributed by atoms with van der Waals surface area (Å²) in [6, 6.07) is 8.14. The van der Waals surface area contributed by atoms with Crippen LogP contribution in [0.1, 0.15) is 11.1 Å². The summed E-state index contributed by atoms with van der Waals surface area (Å²) in [6.45, 7) is 1.22. The highest BCUT2D eigenvalue weighted by atomic mass is 16.5. The number of rotatable bonds is 0. The Bertz CT molecular complexity index is 259. The zero-order chi connectivity index (χ0) is 7.68. The van der Waals surface area contributed by atoms with Crippen molar-refractivity contribution in [1.29, 1.82) is 0 Å². The van der Waals surface area contributed by atoms with Crippen LogP contribution in [0.3, 0.4) is 0 Å². The van der Waals surface area contributed by atoms with E-state index in [2.05, 4.69) is 6.07 Å². The molecule has 0 atom stereocenters. The quantitative estimate of drug-likeness (QED) is 0.558. The summed E-state index contributed by atoms with van der Waals surface area (Å²) >= 11 is 0. The molecular formula is C9H10NO-. The van der Waals surface area contributed by atoms with Gasteiger partial charge in [0.2, 0.25) is 0 Å². The maximum absolute atomic E-state index is 10.9. The maximum atomic E-state index is 10.9. The van der Waals surface area contributed by atoms with Crippen molar-refractivity contribution in [2.24, 2.45) is 0 Å². The molecule has 11 heavy (non-hydrogen) atoms. The zero-order valence-corrected chi connectivity index (χ0v) is 6.29. The van der Waals surface area contributed by atoms with Crippen LogP contribution in [0.2, 0.25) is 0 Å². The van der Waals surface area contributed by atoms with Crippen LogP contribution in [-0.2, 0) is 13.0 Å². The van der Waals surface area contributed by atoms with Crippen LogP contribution in [0.4, 0.5) is 0 Å². The first-order chi connectivity index (χ1) is 5.36. The Kier molecular flexibility index (Phi) is 1.64. The first-order valence-corrected chi connectivity index (χ1v) is 3.85. The van der Waals surface area contributed by atoms with Crippen LogP contribution in [0, 0.1) is 5.21 Å². The fourth-order valence-electron chi connectivity index (χ4n) is 1.47. The SMILES string of the molecule is [O-]N1CCc2ccccc2C1. The van der Waals surface area contributed by atoms with Crippen molar-refractivity contribution in [3.63, 3.8) is 0 Å². The number of fused-ring (bicyclic) bond motifs is 1. The van der Waals surface area contributed by atoms with E-state index in [1.165, 1.54) is 11.1 Å². The van der Waals surface area contributed by atoms with Crippen molar-refractivity contribution < 1.29 is 0 Å². The molecule has 0 fully saturated rings. The molecule has 2 heteroatoms. The summed E-state index contributed by atoms with van der Waals surface area (Å²) < 4.78 is 0. The van der Waals surface area contributed by atoms with E-state index in [-0.39, 0.29) is 0 Å². The Labute approximate surface area is 66.0 Å². The second-order valence-electron chi connectivity index (χ2n) is 2.88. The van der Waals surface area contributed by atoms with E-state index in [0.29, 0.717) is 13.1 Å². The van der Waals surface area contributed by atoms with Crippen LogP contribution >= 0.6 is 0 Å². The third kappa shape index (κ3) is 1.27. The minimum Gasteiger partial charge on any atom is -0.785 e. The van der Waals surface area contributed by atoms with Crippen LogP contribution in [0.5, 0.6) is 0 Å². The van der Waals surface area contributed by atoms with Gasteiger partial charge >= 0.3 is 0 Å². The molecule has 0 amide bonds. The van der Waals surface area contributed by atoms with Crippen molar-refractivity contribution in [2.45, 2.75) is 13.0 Å². The van der Waals surface area contributed by atoms with Crippen molar-refractivity contribution in [3.8, 4) is 0 Å². The first-order valence-electron chi connectivity index (χ1n) is 3.85. The lowest BCUT2D eigenvalue weighted by atomic mass is 10.0. The van der Waals surface area contributed by atoms with Crippen LogP contribution in [0.15, 0.2) is 24.3 Å². The minimum atomic E-state index is 0.566. The highest BCUT2D eigenvalue weighted by molar-refractivity contribution is 5.29. The molecule has 0 aliphatic carbocycles. The average Bonchev–Trinajstić information content (AvgIpc) is 2.04. The second kappa shape index (κ2) is 2.64. The van der Waals surface area contributed by atoms with E-state index in [0.717, 1.165) is 11.5 Å². The van der Waals surface area contributed by atoms with Gasteiger partial charge in [0.05, 0.1) is 0 Å². The van der Waals surface area contributed by atoms with Gasteiger partial charge in [-0.1, -0.05) is 24.3 Å². The number of hydrogen-bond donors (Lipinski definition) is 0. The average molecular weight is 148 g/mol. The molecule has 1 heterocycles. The molecule has 2 nitrogen and oxygen atoms in total. The van der Waals surface area contributed by atoms with Crippen molar-refractivity contribution in [1.82, 2.24) is 5.06 Å². The fourth-order valence-corrected chi connectivity index (χ4v) is 1.47. The van der Waals surface area contributed by atoms with E-state index < -0.39 is 0 Å². The molecule has 1 aliphatic heterocycles. The Balaban J connectivity index is 2.34. The van der Waals surface area contributed by atoms with Gasteiger partial charge < -0.3 is 10.3 Å². The molecule has 1 aromatic carbocycles.